The van der Waals surface area contributed by atoms with Gasteiger partial charge in [-0.25, -0.2) is 0 Å². The van der Waals surface area contributed by atoms with Crippen molar-refractivity contribution in [2.24, 2.45) is 0 Å². The highest BCUT2D eigenvalue weighted by Crippen LogP contribution is 2.28. The third-order valence-electron chi connectivity index (χ3n) is 5.10. The third-order valence-corrected chi connectivity index (χ3v) is 6.04. The lowest BCUT2D eigenvalue weighted by Gasteiger charge is -2.19. The van der Waals surface area contributed by atoms with Gasteiger partial charge in [0.1, 0.15) is 11.5 Å². The number of hydrogen-bond acceptors (Lipinski definition) is 7. The first-order valence-electron chi connectivity index (χ1n) is 11.2. The minimum atomic E-state index is -0.341. The van der Waals surface area contributed by atoms with Crippen LogP contribution in [0.4, 0.5) is 11.4 Å². The number of aryl methyl sites for hydroxylation is 1. The van der Waals surface area contributed by atoms with Crippen LogP contribution in [0, 0.1) is 6.92 Å². The summed E-state index contributed by atoms with van der Waals surface area (Å²) in [5, 5.41) is 15.0. The minimum absolute atomic E-state index is 0.0800. The van der Waals surface area contributed by atoms with E-state index in [4.69, 9.17) is 9.47 Å². The van der Waals surface area contributed by atoms with Crippen LogP contribution in [0.25, 0.3) is 0 Å². The summed E-state index contributed by atoms with van der Waals surface area (Å²) < 4.78 is 13.2. The maximum Gasteiger partial charge on any atom is 0.234 e. The van der Waals surface area contributed by atoms with Crippen molar-refractivity contribution in [2.75, 3.05) is 23.5 Å². The number of methoxy groups -OCH3 is 1. The highest BCUT2D eigenvalue weighted by atomic mass is 32.2. The number of carbonyl (C=O) groups excluding carboxylic acids is 2. The van der Waals surface area contributed by atoms with Gasteiger partial charge < -0.3 is 24.7 Å². The van der Waals surface area contributed by atoms with Crippen molar-refractivity contribution < 1.29 is 19.1 Å². The number of rotatable bonds is 10. The van der Waals surface area contributed by atoms with Crippen LogP contribution in [0.5, 0.6) is 11.5 Å². The molecule has 1 atom stereocenters. The number of hydrogen-bond donors (Lipinski definition) is 2. The van der Waals surface area contributed by atoms with Crippen molar-refractivity contribution in [1.29, 1.82) is 0 Å². The molecule has 186 valence electrons. The number of thioether (sulfide) groups is 1. The molecule has 0 aliphatic heterocycles. The topological polar surface area (TPSA) is 107 Å². The summed E-state index contributed by atoms with van der Waals surface area (Å²) in [5.41, 5.74) is 2.24. The predicted molar refractivity (Wildman–Crippen MR) is 137 cm³/mol. The molecule has 9 nitrogen and oxygen atoms in total. The molecular formula is C25H31N5O4S. The molecule has 0 radical (unpaired) electrons. The fourth-order valence-electron chi connectivity index (χ4n) is 3.46. The van der Waals surface area contributed by atoms with E-state index >= 15 is 0 Å². The zero-order valence-electron chi connectivity index (χ0n) is 20.8. The van der Waals surface area contributed by atoms with Crippen molar-refractivity contribution in [3.05, 3.63) is 53.9 Å². The molecule has 1 heterocycles. The van der Waals surface area contributed by atoms with E-state index in [2.05, 4.69) is 20.8 Å². The van der Waals surface area contributed by atoms with Gasteiger partial charge in [-0.3, -0.25) is 9.59 Å². The quantitative estimate of drug-likeness (QED) is 0.379. The van der Waals surface area contributed by atoms with Gasteiger partial charge in [0.15, 0.2) is 17.1 Å². The van der Waals surface area contributed by atoms with Gasteiger partial charge in [-0.2, -0.15) is 0 Å². The molecule has 0 aliphatic rings. The minimum Gasteiger partial charge on any atom is -0.497 e. The van der Waals surface area contributed by atoms with Gasteiger partial charge in [0.2, 0.25) is 11.8 Å². The maximum atomic E-state index is 12.6. The molecule has 0 saturated heterocycles. The van der Waals surface area contributed by atoms with Crippen molar-refractivity contribution >= 4 is 35.0 Å². The maximum absolute atomic E-state index is 12.6. The van der Waals surface area contributed by atoms with E-state index in [1.165, 1.54) is 18.7 Å². The molecule has 3 rings (SSSR count). The van der Waals surface area contributed by atoms with Gasteiger partial charge in [0.25, 0.3) is 0 Å². The van der Waals surface area contributed by atoms with Gasteiger partial charge >= 0.3 is 0 Å². The number of benzene rings is 2. The molecule has 2 aromatic carbocycles. The largest absolute Gasteiger partial charge is 0.497 e. The summed E-state index contributed by atoms with van der Waals surface area (Å²) in [6, 6.07) is 12.8. The van der Waals surface area contributed by atoms with Crippen molar-refractivity contribution in [2.45, 2.75) is 51.9 Å². The Bertz CT molecular complexity index is 1180. The number of amides is 2. The van der Waals surface area contributed by atoms with Crippen LogP contribution in [0.2, 0.25) is 0 Å². The molecule has 3 aromatic rings. The fourth-order valence-corrected chi connectivity index (χ4v) is 4.33. The summed E-state index contributed by atoms with van der Waals surface area (Å²) in [6.45, 7) is 9.32. The number of nitrogens with one attached hydrogen (secondary N) is 2. The molecule has 1 aromatic heterocycles. The standard InChI is InChI=1S/C25H31N5O4S/c1-15(2)30-24(17(4)34-21-10-8-20(33-6)9-11-21)28-29-25(30)35-14-23(32)27-19-7-12-22(16(3)13-19)26-18(5)31/h7-13,15,17H,14H2,1-6H3,(H,26,31)(H,27,32). The third kappa shape index (κ3) is 6.98. The predicted octanol–water partition coefficient (Wildman–Crippen LogP) is 5.01. The Hall–Kier alpha value is -3.53. The average molecular weight is 498 g/mol. The van der Waals surface area contributed by atoms with E-state index in [9.17, 15) is 9.59 Å². The molecule has 0 aliphatic carbocycles. The smallest absolute Gasteiger partial charge is 0.234 e. The Morgan fingerprint density at radius 3 is 2.31 bits per heavy atom. The number of nitrogens with zero attached hydrogens (tertiary/aromatic N) is 3. The summed E-state index contributed by atoms with van der Waals surface area (Å²) >= 11 is 1.32. The average Bonchev–Trinajstić information content (AvgIpc) is 3.24. The van der Waals surface area contributed by atoms with Gasteiger partial charge in [0.05, 0.1) is 12.9 Å². The van der Waals surface area contributed by atoms with E-state index < -0.39 is 0 Å². The van der Waals surface area contributed by atoms with Crippen LogP contribution in [-0.2, 0) is 9.59 Å². The van der Waals surface area contributed by atoms with Gasteiger partial charge in [-0.15, -0.1) is 10.2 Å². The van der Waals surface area contributed by atoms with E-state index in [0.29, 0.717) is 28.1 Å². The first kappa shape index (κ1) is 26.1. The molecule has 2 N–H and O–H groups in total. The Balaban J connectivity index is 1.64. The van der Waals surface area contributed by atoms with Gasteiger partial charge in [-0.05, 0) is 75.7 Å². The lowest BCUT2D eigenvalue weighted by Crippen LogP contribution is -2.17. The molecule has 10 heteroatoms. The van der Waals surface area contributed by atoms with E-state index in [-0.39, 0.29) is 29.7 Å². The van der Waals surface area contributed by atoms with Gasteiger partial charge in [-0.1, -0.05) is 11.8 Å². The zero-order valence-corrected chi connectivity index (χ0v) is 21.6. The van der Waals surface area contributed by atoms with E-state index in [0.717, 1.165) is 11.3 Å². The second kappa shape index (κ2) is 11.7. The molecule has 0 spiro atoms. The SMILES string of the molecule is COc1ccc(OC(C)c2nnc(SCC(=O)Nc3ccc(NC(C)=O)c(C)c3)n2C(C)C)cc1. The molecule has 0 fully saturated rings. The molecule has 0 saturated carbocycles. The Morgan fingerprint density at radius 2 is 1.71 bits per heavy atom. The van der Waals surface area contributed by atoms with Crippen molar-refractivity contribution in [3.8, 4) is 11.5 Å². The molecule has 35 heavy (non-hydrogen) atoms. The van der Waals surface area contributed by atoms with Crippen LogP contribution in [0.1, 0.15) is 51.2 Å². The second-order valence-electron chi connectivity index (χ2n) is 8.29. The number of carbonyl (C=O) groups is 2. The summed E-state index contributed by atoms with van der Waals surface area (Å²) in [7, 11) is 1.62. The van der Waals surface area contributed by atoms with Gasteiger partial charge in [0, 0.05) is 24.3 Å². The monoisotopic (exact) mass is 497 g/mol. The number of aromatic nitrogens is 3. The Morgan fingerprint density at radius 1 is 1.03 bits per heavy atom. The van der Waals surface area contributed by atoms with Crippen LogP contribution in [-0.4, -0.2) is 39.4 Å². The molecular weight excluding hydrogens is 466 g/mol. The molecule has 1 unspecified atom stereocenters. The highest BCUT2D eigenvalue weighted by molar-refractivity contribution is 7.99. The van der Waals surface area contributed by atoms with Crippen LogP contribution in [0.3, 0.4) is 0 Å². The lowest BCUT2D eigenvalue weighted by atomic mass is 10.1. The molecule has 0 bridgehead atoms. The van der Waals surface area contributed by atoms with Crippen LogP contribution < -0.4 is 20.1 Å². The van der Waals surface area contributed by atoms with Crippen LogP contribution >= 0.6 is 11.8 Å². The zero-order chi connectivity index (χ0) is 25.5. The van der Waals surface area contributed by atoms with E-state index in [1.54, 1.807) is 19.2 Å². The first-order chi connectivity index (χ1) is 16.7. The van der Waals surface area contributed by atoms with Crippen LogP contribution in [0.15, 0.2) is 47.6 Å². The van der Waals surface area contributed by atoms with Crippen molar-refractivity contribution in [1.82, 2.24) is 14.8 Å². The Labute approximate surface area is 209 Å². The second-order valence-corrected chi connectivity index (χ2v) is 9.23. The summed E-state index contributed by atoms with van der Waals surface area (Å²) in [4.78, 5) is 23.9. The number of anilines is 2. The van der Waals surface area contributed by atoms with Crippen molar-refractivity contribution in [3.63, 3.8) is 0 Å². The summed E-state index contributed by atoms with van der Waals surface area (Å²) in [6.07, 6.45) is -0.341. The normalized spacial score (nSPS) is 11.7. The number of ether oxygens (including phenoxy) is 2. The first-order valence-corrected chi connectivity index (χ1v) is 12.2. The fraction of sp³-hybridized carbons (Fsp3) is 0.360. The molecule has 2 amide bonds. The highest BCUT2D eigenvalue weighted by Gasteiger charge is 2.22. The van der Waals surface area contributed by atoms with E-state index in [1.807, 2.05) is 62.6 Å². The Kier molecular flexibility index (Phi) is 8.75. The lowest BCUT2D eigenvalue weighted by molar-refractivity contribution is -0.114. The summed E-state index contributed by atoms with van der Waals surface area (Å²) in [5.74, 6) is 2.01.